The molecule has 17 heavy (non-hydrogen) atoms. The fraction of sp³-hybridized carbons (Fsp3) is 0.467. The molecule has 2 heteroatoms. The first-order valence-electron chi connectivity index (χ1n) is 6.40. The zero-order valence-corrected chi connectivity index (χ0v) is 11.0. The van der Waals surface area contributed by atoms with Gasteiger partial charge in [0.15, 0.2) is 0 Å². The molecule has 0 spiro atoms. The van der Waals surface area contributed by atoms with Crippen LogP contribution in [-0.2, 0) is 13.0 Å². The highest BCUT2D eigenvalue weighted by Gasteiger charge is 2.08. The lowest BCUT2D eigenvalue weighted by molar-refractivity contribution is 0.534. The Bertz CT molecular complexity index is 509. The van der Waals surface area contributed by atoms with Crippen LogP contribution in [0.5, 0.6) is 0 Å². The minimum absolute atomic E-state index is 0.664. The summed E-state index contributed by atoms with van der Waals surface area (Å²) in [5, 5.41) is 1.36. The van der Waals surface area contributed by atoms with Crippen LogP contribution in [0, 0.1) is 12.8 Å². The molecule has 0 atom stereocenters. The van der Waals surface area contributed by atoms with Gasteiger partial charge < -0.3 is 10.3 Å². The molecule has 0 amide bonds. The molecule has 0 aliphatic rings. The first kappa shape index (κ1) is 12.2. The zero-order valence-electron chi connectivity index (χ0n) is 11.0. The van der Waals surface area contributed by atoms with Crippen molar-refractivity contribution in [1.29, 1.82) is 0 Å². The maximum atomic E-state index is 5.68. The molecule has 92 valence electrons. The standard InChI is InChI=1S/C15H22N2/c1-11(2)9-17-10-13(6-7-16)14-5-4-12(3)8-15(14)17/h4-5,8,10-11H,6-7,9,16H2,1-3H3. The second-order valence-corrected chi connectivity index (χ2v) is 5.26. The summed E-state index contributed by atoms with van der Waals surface area (Å²) in [6.45, 7) is 8.45. The minimum Gasteiger partial charge on any atom is -0.347 e. The second-order valence-electron chi connectivity index (χ2n) is 5.26. The third-order valence-electron chi connectivity index (χ3n) is 3.10. The van der Waals surface area contributed by atoms with Crippen molar-refractivity contribution >= 4 is 10.9 Å². The third kappa shape index (κ3) is 2.52. The summed E-state index contributed by atoms with van der Waals surface area (Å²) in [7, 11) is 0. The van der Waals surface area contributed by atoms with Crippen LogP contribution in [0.25, 0.3) is 10.9 Å². The van der Waals surface area contributed by atoms with Crippen molar-refractivity contribution in [2.24, 2.45) is 11.7 Å². The number of fused-ring (bicyclic) bond motifs is 1. The van der Waals surface area contributed by atoms with Crippen LogP contribution < -0.4 is 5.73 Å². The van der Waals surface area contributed by atoms with E-state index >= 15 is 0 Å². The van der Waals surface area contributed by atoms with Gasteiger partial charge in [0.05, 0.1) is 0 Å². The Balaban J connectivity index is 2.54. The molecule has 2 N–H and O–H groups in total. The summed E-state index contributed by atoms with van der Waals surface area (Å²) in [6, 6.07) is 6.69. The topological polar surface area (TPSA) is 30.9 Å². The Hall–Kier alpha value is -1.28. The van der Waals surface area contributed by atoms with Crippen LogP contribution >= 0.6 is 0 Å². The van der Waals surface area contributed by atoms with Crippen molar-refractivity contribution in [2.75, 3.05) is 6.54 Å². The lowest BCUT2D eigenvalue weighted by atomic mass is 10.1. The summed E-state index contributed by atoms with van der Waals surface area (Å²) in [4.78, 5) is 0. The van der Waals surface area contributed by atoms with Gasteiger partial charge in [0.2, 0.25) is 0 Å². The van der Waals surface area contributed by atoms with E-state index in [-0.39, 0.29) is 0 Å². The van der Waals surface area contributed by atoms with Gasteiger partial charge >= 0.3 is 0 Å². The Labute approximate surface area is 103 Å². The minimum atomic E-state index is 0.664. The highest BCUT2D eigenvalue weighted by Crippen LogP contribution is 2.24. The Kier molecular flexibility index (Phi) is 3.53. The van der Waals surface area contributed by atoms with Crippen LogP contribution in [0.3, 0.4) is 0 Å². The number of aryl methyl sites for hydroxylation is 1. The smallest absolute Gasteiger partial charge is 0.0485 e. The number of hydrogen-bond acceptors (Lipinski definition) is 1. The number of hydrogen-bond donors (Lipinski definition) is 1. The maximum absolute atomic E-state index is 5.68. The van der Waals surface area contributed by atoms with Gasteiger partial charge in [-0.15, -0.1) is 0 Å². The molecular formula is C15H22N2. The number of aromatic nitrogens is 1. The molecule has 1 aromatic heterocycles. The zero-order chi connectivity index (χ0) is 12.4. The van der Waals surface area contributed by atoms with E-state index in [2.05, 4.69) is 49.7 Å². The van der Waals surface area contributed by atoms with Gasteiger partial charge in [-0.1, -0.05) is 26.0 Å². The van der Waals surface area contributed by atoms with E-state index in [0.717, 1.165) is 13.0 Å². The third-order valence-corrected chi connectivity index (χ3v) is 3.10. The molecule has 0 bridgehead atoms. The number of benzene rings is 1. The van der Waals surface area contributed by atoms with Gasteiger partial charge in [0.25, 0.3) is 0 Å². The van der Waals surface area contributed by atoms with Gasteiger partial charge in [-0.05, 0) is 43.0 Å². The van der Waals surface area contributed by atoms with Gasteiger partial charge in [-0.2, -0.15) is 0 Å². The number of nitrogens with two attached hydrogens (primary N) is 1. The van der Waals surface area contributed by atoms with E-state index in [1.54, 1.807) is 0 Å². The van der Waals surface area contributed by atoms with Gasteiger partial charge in [-0.3, -0.25) is 0 Å². The molecule has 0 aliphatic carbocycles. The molecule has 2 aromatic rings. The molecule has 1 aromatic carbocycles. The van der Waals surface area contributed by atoms with Crippen molar-refractivity contribution in [3.63, 3.8) is 0 Å². The van der Waals surface area contributed by atoms with E-state index in [9.17, 15) is 0 Å². The van der Waals surface area contributed by atoms with E-state index in [1.165, 1.54) is 22.0 Å². The Morgan fingerprint density at radius 1 is 1.29 bits per heavy atom. The Morgan fingerprint density at radius 3 is 2.71 bits per heavy atom. The van der Waals surface area contributed by atoms with E-state index in [1.807, 2.05) is 0 Å². The van der Waals surface area contributed by atoms with Crippen molar-refractivity contribution < 1.29 is 0 Å². The Morgan fingerprint density at radius 2 is 2.06 bits per heavy atom. The van der Waals surface area contributed by atoms with E-state index in [4.69, 9.17) is 5.73 Å². The summed E-state index contributed by atoms with van der Waals surface area (Å²) in [5.74, 6) is 0.664. The molecule has 1 heterocycles. The monoisotopic (exact) mass is 230 g/mol. The molecule has 0 saturated carbocycles. The SMILES string of the molecule is Cc1ccc2c(CCN)cn(CC(C)C)c2c1. The largest absolute Gasteiger partial charge is 0.347 e. The average Bonchev–Trinajstić information content (AvgIpc) is 2.56. The van der Waals surface area contributed by atoms with Crippen LogP contribution in [0.1, 0.15) is 25.0 Å². The normalized spacial score (nSPS) is 11.6. The fourth-order valence-corrected chi connectivity index (χ4v) is 2.38. The van der Waals surface area contributed by atoms with Crippen LogP contribution in [0.2, 0.25) is 0 Å². The molecule has 0 radical (unpaired) electrons. The van der Waals surface area contributed by atoms with Gasteiger partial charge in [-0.25, -0.2) is 0 Å². The molecular weight excluding hydrogens is 208 g/mol. The van der Waals surface area contributed by atoms with E-state index < -0.39 is 0 Å². The summed E-state index contributed by atoms with van der Waals surface area (Å²) >= 11 is 0. The summed E-state index contributed by atoms with van der Waals surface area (Å²) < 4.78 is 2.37. The van der Waals surface area contributed by atoms with E-state index in [0.29, 0.717) is 12.5 Å². The molecule has 0 unspecified atom stereocenters. The number of nitrogens with zero attached hydrogens (tertiary/aromatic N) is 1. The average molecular weight is 230 g/mol. The maximum Gasteiger partial charge on any atom is 0.0485 e. The highest BCUT2D eigenvalue weighted by molar-refractivity contribution is 5.84. The lowest BCUT2D eigenvalue weighted by Gasteiger charge is -2.08. The predicted octanol–water partition coefficient (Wildman–Crippen LogP) is 3.11. The quantitative estimate of drug-likeness (QED) is 0.859. The predicted molar refractivity (Wildman–Crippen MR) is 74.3 cm³/mol. The van der Waals surface area contributed by atoms with Crippen molar-refractivity contribution in [1.82, 2.24) is 4.57 Å². The lowest BCUT2D eigenvalue weighted by Crippen LogP contribution is -2.04. The molecule has 0 saturated heterocycles. The molecule has 0 aliphatic heterocycles. The van der Waals surface area contributed by atoms with Crippen LogP contribution in [0.15, 0.2) is 24.4 Å². The summed E-state index contributed by atoms with van der Waals surface area (Å²) in [5.41, 5.74) is 9.73. The molecule has 2 nitrogen and oxygen atoms in total. The fourth-order valence-electron chi connectivity index (χ4n) is 2.38. The van der Waals surface area contributed by atoms with Crippen molar-refractivity contribution in [2.45, 2.75) is 33.7 Å². The number of rotatable bonds is 4. The highest BCUT2D eigenvalue weighted by atomic mass is 15.0. The first-order valence-corrected chi connectivity index (χ1v) is 6.40. The second kappa shape index (κ2) is 4.92. The molecule has 0 fully saturated rings. The molecule has 2 rings (SSSR count). The van der Waals surface area contributed by atoms with Gasteiger partial charge in [0, 0.05) is 23.6 Å². The van der Waals surface area contributed by atoms with Gasteiger partial charge in [0.1, 0.15) is 0 Å². The van der Waals surface area contributed by atoms with Crippen molar-refractivity contribution in [3.8, 4) is 0 Å². The van der Waals surface area contributed by atoms with Crippen LogP contribution in [0.4, 0.5) is 0 Å². The summed E-state index contributed by atoms with van der Waals surface area (Å²) in [6.07, 6.45) is 3.24. The first-order chi connectivity index (χ1) is 8.11. The van der Waals surface area contributed by atoms with Crippen molar-refractivity contribution in [3.05, 3.63) is 35.5 Å². The van der Waals surface area contributed by atoms with Crippen LogP contribution in [-0.4, -0.2) is 11.1 Å².